The smallest absolute Gasteiger partial charge is 0.228 e. The molecule has 0 saturated heterocycles. The molecule has 0 radical (unpaired) electrons. The van der Waals surface area contributed by atoms with E-state index < -0.39 is 0 Å². The van der Waals surface area contributed by atoms with Crippen molar-refractivity contribution in [2.75, 3.05) is 5.73 Å². The Bertz CT molecular complexity index is 759. The molecule has 0 aliphatic heterocycles. The lowest BCUT2D eigenvalue weighted by Gasteiger charge is -2.07. The van der Waals surface area contributed by atoms with Crippen LogP contribution in [0, 0.1) is 6.92 Å². The minimum absolute atomic E-state index is 0.659. The highest BCUT2D eigenvalue weighted by Gasteiger charge is 2.12. The van der Waals surface area contributed by atoms with Gasteiger partial charge in [0.2, 0.25) is 5.89 Å². The van der Waals surface area contributed by atoms with Gasteiger partial charge in [-0.1, -0.05) is 12.1 Å². The number of benzene rings is 1. The fourth-order valence-electron chi connectivity index (χ4n) is 2.51. The van der Waals surface area contributed by atoms with E-state index in [0.717, 1.165) is 41.9 Å². The molecule has 6 nitrogen and oxygen atoms in total. The lowest BCUT2D eigenvalue weighted by Crippen LogP contribution is -2.06. The standard InChI is InChI=1S/C15H19N5O/c1-3-4-14-18-12-9-11(16)5-6-13(12)20(14)8-7-15-17-10(2)19-21-15/h5-6,9H,3-4,7-8,16H2,1-2H3. The van der Waals surface area contributed by atoms with Crippen molar-refractivity contribution in [3.8, 4) is 0 Å². The first-order valence-electron chi connectivity index (χ1n) is 7.21. The zero-order valence-electron chi connectivity index (χ0n) is 12.3. The molecule has 0 saturated carbocycles. The van der Waals surface area contributed by atoms with Crippen LogP contribution >= 0.6 is 0 Å². The zero-order chi connectivity index (χ0) is 14.8. The number of imidazole rings is 1. The first-order chi connectivity index (χ1) is 10.2. The molecule has 2 heterocycles. The van der Waals surface area contributed by atoms with Crippen LogP contribution in [0.25, 0.3) is 11.0 Å². The molecule has 3 aromatic rings. The van der Waals surface area contributed by atoms with E-state index >= 15 is 0 Å². The second-order valence-corrected chi connectivity index (χ2v) is 5.16. The lowest BCUT2D eigenvalue weighted by atomic mass is 10.2. The van der Waals surface area contributed by atoms with Crippen molar-refractivity contribution in [2.45, 2.75) is 39.7 Å². The van der Waals surface area contributed by atoms with E-state index in [1.807, 2.05) is 25.1 Å². The fourth-order valence-corrected chi connectivity index (χ4v) is 2.51. The van der Waals surface area contributed by atoms with Gasteiger partial charge in [0.15, 0.2) is 5.82 Å². The largest absolute Gasteiger partial charge is 0.399 e. The van der Waals surface area contributed by atoms with Gasteiger partial charge in [0, 0.05) is 25.1 Å². The van der Waals surface area contributed by atoms with Crippen LogP contribution in [-0.2, 0) is 19.4 Å². The van der Waals surface area contributed by atoms with E-state index in [2.05, 4.69) is 21.6 Å². The second-order valence-electron chi connectivity index (χ2n) is 5.16. The summed E-state index contributed by atoms with van der Waals surface area (Å²) in [5, 5.41) is 3.82. The Kier molecular flexibility index (Phi) is 3.60. The first-order valence-corrected chi connectivity index (χ1v) is 7.21. The second kappa shape index (κ2) is 5.55. The van der Waals surface area contributed by atoms with Gasteiger partial charge in [-0.2, -0.15) is 4.98 Å². The quantitative estimate of drug-likeness (QED) is 0.728. The summed E-state index contributed by atoms with van der Waals surface area (Å²) in [7, 11) is 0. The van der Waals surface area contributed by atoms with Gasteiger partial charge in [0.25, 0.3) is 0 Å². The van der Waals surface area contributed by atoms with Crippen molar-refractivity contribution in [1.29, 1.82) is 0 Å². The Balaban J connectivity index is 1.92. The Hall–Kier alpha value is -2.37. The predicted molar refractivity (Wildman–Crippen MR) is 80.9 cm³/mol. The van der Waals surface area contributed by atoms with E-state index in [1.54, 1.807) is 0 Å². The zero-order valence-corrected chi connectivity index (χ0v) is 12.3. The van der Waals surface area contributed by atoms with Crippen LogP contribution in [0.15, 0.2) is 22.7 Å². The molecular formula is C15H19N5O. The normalized spacial score (nSPS) is 11.3. The van der Waals surface area contributed by atoms with Crippen LogP contribution in [-0.4, -0.2) is 19.7 Å². The number of anilines is 1. The molecule has 3 rings (SSSR count). The summed E-state index contributed by atoms with van der Waals surface area (Å²) in [6.45, 7) is 4.75. The minimum Gasteiger partial charge on any atom is -0.399 e. The van der Waals surface area contributed by atoms with Gasteiger partial charge >= 0.3 is 0 Å². The van der Waals surface area contributed by atoms with Gasteiger partial charge in [0.1, 0.15) is 5.82 Å². The fraction of sp³-hybridized carbons (Fsp3) is 0.400. The van der Waals surface area contributed by atoms with Gasteiger partial charge in [0.05, 0.1) is 11.0 Å². The molecule has 6 heteroatoms. The Labute approximate surface area is 123 Å². The van der Waals surface area contributed by atoms with Crippen molar-refractivity contribution in [1.82, 2.24) is 19.7 Å². The monoisotopic (exact) mass is 285 g/mol. The van der Waals surface area contributed by atoms with Gasteiger partial charge < -0.3 is 14.8 Å². The third-order valence-electron chi connectivity index (χ3n) is 3.44. The first kappa shape index (κ1) is 13.6. The summed E-state index contributed by atoms with van der Waals surface area (Å²) >= 11 is 0. The Morgan fingerprint density at radius 1 is 1.24 bits per heavy atom. The molecule has 2 aromatic heterocycles. The molecule has 0 bridgehead atoms. The van der Waals surface area contributed by atoms with E-state index in [9.17, 15) is 0 Å². The molecule has 0 aliphatic rings. The Morgan fingerprint density at radius 2 is 2.10 bits per heavy atom. The Morgan fingerprint density at radius 3 is 2.81 bits per heavy atom. The molecule has 0 aliphatic carbocycles. The van der Waals surface area contributed by atoms with Crippen molar-refractivity contribution in [3.63, 3.8) is 0 Å². The van der Waals surface area contributed by atoms with Crippen LogP contribution < -0.4 is 5.73 Å². The molecule has 0 spiro atoms. The number of nitrogens with two attached hydrogens (primary N) is 1. The topological polar surface area (TPSA) is 82.8 Å². The van der Waals surface area contributed by atoms with Crippen LogP contribution in [0.3, 0.4) is 0 Å². The number of nitrogens with zero attached hydrogens (tertiary/aromatic N) is 4. The molecule has 110 valence electrons. The van der Waals surface area contributed by atoms with Crippen LogP contribution in [0.2, 0.25) is 0 Å². The molecule has 0 atom stereocenters. The van der Waals surface area contributed by atoms with Gasteiger partial charge in [-0.3, -0.25) is 0 Å². The summed E-state index contributed by atoms with van der Waals surface area (Å²) in [4.78, 5) is 8.95. The highest BCUT2D eigenvalue weighted by atomic mass is 16.5. The number of fused-ring (bicyclic) bond motifs is 1. The maximum absolute atomic E-state index is 5.84. The van der Waals surface area contributed by atoms with Gasteiger partial charge in [-0.15, -0.1) is 0 Å². The van der Waals surface area contributed by atoms with Crippen LogP contribution in [0.4, 0.5) is 5.69 Å². The van der Waals surface area contributed by atoms with Gasteiger partial charge in [-0.05, 0) is 31.5 Å². The molecule has 0 unspecified atom stereocenters. The number of hydrogen-bond acceptors (Lipinski definition) is 5. The number of aryl methyl sites for hydroxylation is 4. The molecule has 0 amide bonds. The molecule has 21 heavy (non-hydrogen) atoms. The van der Waals surface area contributed by atoms with Gasteiger partial charge in [-0.25, -0.2) is 4.98 Å². The molecule has 1 aromatic carbocycles. The third-order valence-corrected chi connectivity index (χ3v) is 3.44. The van der Waals surface area contributed by atoms with Crippen molar-refractivity contribution >= 4 is 16.7 Å². The molecule has 0 fully saturated rings. The number of rotatable bonds is 5. The molecular weight excluding hydrogens is 266 g/mol. The maximum Gasteiger partial charge on any atom is 0.228 e. The maximum atomic E-state index is 5.84. The summed E-state index contributed by atoms with van der Waals surface area (Å²) in [6, 6.07) is 5.85. The average Bonchev–Trinajstić information content (AvgIpc) is 3.00. The van der Waals surface area contributed by atoms with Crippen LogP contribution in [0.5, 0.6) is 0 Å². The molecule has 2 N–H and O–H groups in total. The van der Waals surface area contributed by atoms with E-state index in [0.29, 0.717) is 18.1 Å². The number of nitrogen functional groups attached to an aromatic ring is 1. The predicted octanol–water partition coefficient (Wildman–Crippen LogP) is 2.51. The van der Waals surface area contributed by atoms with Crippen molar-refractivity contribution < 1.29 is 4.52 Å². The van der Waals surface area contributed by atoms with Crippen molar-refractivity contribution in [2.24, 2.45) is 0 Å². The van der Waals surface area contributed by atoms with E-state index in [-0.39, 0.29) is 0 Å². The number of hydrogen-bond donors (Lipinski definition) is 1. The highest BCUT2D eigenvalue weighted by Crippen LogP contribution is 2.20. The van der Waals surface area contributed by atoms with Crippen molar-refractivity contribution in [3.05, 3.63) is 35.7 Å². The summed E-state index contributed by atoms with van der Waals surface area (Å²) in [5.41, 5.74) is 8.63. The third kappa shape index (κ3) is 2.74. The van der Waals surface area contributed by atoms with E-state index in [4.69, 9.17) is 15.2 Å². The highest BCUT2D eigenvalue weighted by molar-refractivity contribution is 5.79. The summed E-state index contributed by atoms with van der Waals surface area (Å²) in [5.74, 6) is 2.41. The lowest BCUT2D eigenvalue weighted by molar-refractivity contribution is 0.368. The van der Waals surface area contributed by atoms with E-state index in [1.165, 1.54) is 0 Å². The minimum atomic E-state index is 0.659. The SMILES string of the molecule is CCCc1nc2cc(N)ccc2n1CCc1nc(C)no1. The average molecular weight is 285 g/mol. The number of aromatic nitrogens is 4. The summed E-state index contributed by atoms with van der Waals surface area (Å²) in [6.07, 6.45) is 2.70. The van der Waals surface area contributed by atoms with Crippen LogP contribution in [0.1, 0.15) is 30.9 Å². The summed E-state index contributed by atoms with van der Waals surface area (Å²) < 4.78 is 7.40.